The maximum absolute atomic E-state index is 13.2. The minimum atomic E-state index is -4.79. The normalized spacial score (nSPS) is 11.4. The van der Waals surface area contributed by atoms with Crippen molar-refractivity contribution < 1.29 is 27.1 Å². The maximum Gasteiger partial charge on any atom is 0.417 e. The van der Waals surface area contributed by atoms with Gasteiger partial charge in [0.05, 0.1) is 11.1 Å². The molecule has 0 amide bonds. The summed E-state index contributed by atoms with van der Waals surface area (Å²) in [7, 11) is 0. The Labute approximate surface area is 128 Å². The Balaban J connectivity index is 2.39. The number of halogens is 5. The quantitative estimate of drug-likeness (QED) is 0.438. The van der Waals surface area contributed by atoms with Crippen LogP contribution in [0.1, 0.15) is 21.5 Å². The molecule has 2 rings (SSSR count). The van der Waals surface area contributed by atoms with Crippen LogP contribution in [0, 0.1) is 12.7 Å². The van der Waals surface area contributed by atoms with Crippen molar-refractivity contribution in [2.75, 3.05) is 0 Å². The van der Waals surface area contributed by atoms with Gasteiger partial charge in [-0.2, -0.15) is 13.2 Å². The lowest BCUT2D eigenvalue weighted by Gasteiger charge is -2.13. The van der Waals surface area contributed by atoms with Crippen molar-refractivity contribution in [3.8, 4) is 5.75 Å². The third-order valence-electron chi connectivity index (χ3n) is 2.85. The van der Waals surface area contributed by atoms with Crippen molar-refractivity contribution in [3.63, 3.8) is 0 Å². The molecule has 22 heavy (non-hydrogen) atoms. The fourth-order valence-corrected chi connectivity index (χ4v) is 2.04. The van der Waals surface area contributed by atoms with E-state index >= 15 is 0 Å². The number of carbonyl (C=O) groups is 1. The van der Waals surface area contributed by atoms with Crippen LogP contribution in [-0.2, 0) is 6.18 Å². The summed E-state index contributed by atoms with van der Waals surface area (Å²) >= 11 is 5.74. The van der Waals surface area contributed by atoms with Crippen LogP contribution < -0.4 is 4.74 Å². The first kappa shape index (κ1) is 16.3. The maximum atomic E-state index is 13.2. The monoisotopic (exact) mass is 332 g/mol. The lowest BCUT2D eigenvalue weighted by molar-refractivity contribution is -0.138. The average Bonchev–Trinajstić information content (AvgIpc) is 2.40. The summed E-state index contributed by atoms with van der Waals surface area (Å²) in [4.78, 5) is 11.9. The zero-order valence-corrected chi connectivity index (χ0v) is 11.9. The second-order valence-corrected chi connectivity index (χ2v) is 4.92. The minimum Gasteiger partial charge on any atom is -0.423 e. The highest BCUT2D eigenvalue weighted by Gasteiger charge is 2.36. The van der Waals surface area contributed by atoms with Gasteiger partial charge in [0.1, 0.15) is 11.6 Å². The molecule has 0 aliphatic rings. The van der Waals surface area contributed by atoms with Crippen LogP contribution in [0.3, 0.4) is 0 Å². The highest BCUT2D eigenvalue weighted by atomic mass is 35.5. The van der Waals surface area contributed by atoms with Gasteiger partial charge in [-0.1, -0.05) is 11.6 Å². The van der Waals surface area contributed by atoms with Gasteiger partial charge in [0.2, 0.25) is 0 Å². The van der Waals surface area contributed by atoms with E-state index in [1.165, 1.54) is 18.2 Å². The summed E-state index contributed by atoms with van der Waals surface area (Å²) in [5.74, 6) is -2.21. The van der Waals surface area contributed by atoms with E-state index in [0.29, 0.717) is 28.8 Å². The van der Waals surface area contributed by atoms with Gasteiger partial charge < -0.3 is 4.74 Å². The molecule has 116 valence electrons. The molecule has 0 aromatic heterocycles. The second-order valence-electron chi connectivity index (χ2n) is 4.49. The van der Waals surface area contributed by atoms with Crippen molar-refractivity contribution >= 4 is 17.6 Å². The molecule has 7 heteroatoms. The molecule has 0 saturated heterocycles. The van der Waals surface area contributed by atoms with E-state index in [4.69, 9.17) is 16.3 Å². The van der Waals surface area contributed by atoms with Gasteiger partial charge in [-0.3, -0.25) is 0 Å². The molecular weight excluding hydrogens is 324 g/mol. The van der Waals surface area contributed by atoms with E-state index in [1.54, 1.807) is 6.92 Å². The van der Waals surface area contributed by atoms with Gasteiger partial charge in [-0.25, -0.2) is 9.18 Å². The van der Waals surface area contributed by atoms with Crippen molar-refractivity contribution in [2.45, 2.75) is 13.1 Å². The number of hydrogen-bond acceptors (Lipinski definition) is 2. The molecule has 0 heterocycles. The lowest BCUT2D eigenvalue weighted by Crippen LogP contribution is -2.17. The molecule has 0 saturated carbocycles. The zero-order chi connectivity index (χ0) is 16.5. The van der Waals surface area contributed by atoms with Crippen LogP contribution in [0.15, 0.2) is 36.4 Å². The molecule has 0 atom stereocenters. The number of alkyl halides is 3. The summed E-state index contributed by atoms with van der Waals surface area (Å²) in [6.07, 6.45) is -4.79. The number of aryl methyl sites for hydroxylation is 1. The van der Waals surface area contributed by atoms with Crippen LogP contribution >= 0.6 is 11.6 Å². The molecule has 2 aromatic rings. The predicted octanol–water partition coefficient (Wildman–Crippen LogP) is 5.03. The van der Waals surface area contributed by atoms with E-state index < -0.39 is 29.1 Å². The molecule has 0 radical (unpaired) electrons. The molecule has 0 spiro atoms. The van der Waals surface area contributed by atoms with Gasteiger partial charge in [0.15, 0.2) is 0 Å². The Kier molecular flexibility index (Phi) is 4.42. The van der Waals surface area contributed by atoms with Crippen LogP contribution in [0.4, 0.5) is 17.6 Å². The van der Waals surface area contributed by atoms with Gasteiger partial charge in [-0.15, -0.1) is 0 Å². The molecule has 2 aromatic carbocycles. The molecule has 2 nitrogen and oxygen atoms in total. The Hall–Kier alpha value is -2.08. The van der Waals surface area contributed by atoms with Crippen molar-refractivity contribution in [2.24, 2.45) is 0 Å². The van der Waals surface area contributed by atoms with E-state index in [1.807, 2.05) is 0 Å². The SMILES string of the molecule is Cc1cc(Cl)ccc1OC(=O)c1cc(F)ccc1C(F)(F)F. The fraction of sp³-hybridized carbons (Fsp3) is 0.133. The Morgan fingerprint density at radius 1 is 1.14 bits per heavy atom. The van der Waals surface area contributed by atoms with Crippen molar-refractivity contribution in [3.05, 3.63) is 63.9 Å². The standard InChI is InChI=1S/C15H9ClF4O2/c1-8-6-9(16)2-5-13(8)22-14(21)11-7-10(17)3-4-12(11)15(18,19)20/h2-7H,1H3. The largest absolute Gasteiger partial charge is 0.423 e. The molecule has 0 unspecified atom stereocenters. The number of ether oxygens (including phenoxy) is 1. The summed E-state index contributed by atoms with van der Waals surface area (Å²) in [6, 6.07) is 5.89. The number of esters is 1. The topological polar surface area (TPSA) is 26.3 Å². The number of rotatable bonds is 2. The summed E-state index contributed by atoms with van der Waals surface area (Å²) in [5.41, 5.74) is -1.68. The van der Waals surface area contributed by atoms with E-state index in [9.17, 15) is 22.4 Å². The number of benzene rings is 2. The van der Waals surface area contributed by atoms with E-state index in [-0.39, 0.29) is 5.75 Å². The second kappa shape index (κ2) is 5.96. The average molecular weight is 333 g/mol. The van der Waals surface area contributed by atoms with Crippen LogP contribution in [-0.4, -0.2) is 5.97 Å². The first-order valence-corrected chi connectivity index (χ1v) is 6.41. The third-order valence-corrected chi connectivity index (χ3v) is 3.08. The van der Waals surface area contributed by atoms with Crippen LogP contribution in [0.25, 0.3) is 0 Å². The first-order chi connectivity index (χ1) is 10.2. The zero-order valence-electron chi connectivity index (χ0n) is 11.2. The van der Waals surface area contributed by atoms with E-state index in [2.05, 4.69) is 0 Å². The molecule has 0 aliphatic carbocycles. The van der Waals surface area contributed by atoms with Gasteiger partial charge in [0.25, 0.3) is 0 Å². The Morgan fingerprint density at radius 2 is 1.82 bits per heavy atom. The Morgan fingerprint density at radius 3 is 2.41 bits per heavy atom. The molecule has 0 N–H and O–H groups in total. The number of hydrogen-bond donors (Lipinski definition) is 0. The first-order valence-electron chi connectivity index (χ1n) is 6.03. The Bertz CT molecular complexity index is 726. The highest BCUT2D eigenvalue weighted by molar-refractivity contribution is 6.30. The molecule has 0 fully saturated rings. The third kappa shape index (κ3) is 3.57. The van der Waals surface area contributed by atoms with Gasteiger partial charge in [0, 0.05) is 5.02 Å². The molecule has 0 bridgehead atoms. The fourth-order valence-electron chi connectivity index (χ4n) is 1.81. The van der Waals surface area contributed by atoms with Crippen LogP contribution in [0.5, 0.6) is 5.75 Å². The van der Waals surface area contributed by atoms with Gasteiger partial charge in [-0.05, 0) is 48.9 Å². The molecular formula is C15H9ClF4O2. The predicted molar refractivity (Wildman–Crippen MR) is 72.5 cm³/mol. The minimum absolute atomic E-state index is 0.0479. The summed E-state index contributed by atoms with van der Waals surface area (Å²) < 4.78 is 56.7. The molecule has 0 aliphatic heterocycles. The number of carbonyl (C=O) groups excluding carboxylic acids is 1. The van der Waals surface area contributed by atoms with Gasteiger partial charge >= 0.3 is 12.1 Å². The van der Waals surface area contributed by atoms with Crippen molar-refractivity contribution in [1.29, 1.82) is 0 Å². The highest BCUT2D eigenvalue weighted by Crippen LogP contribution is 2.33. The van der Waals surface area contributed by atoms with Crippen molar-refractivity contribution in [1.82, 2.24) is 0 Å². The van der Waals surface area contributed by atoms with E-state index in [0.717, 1.165) is 0 Å². The lowest BCUT2D eigenvalue weighted by atomic mass is 10.1. The summed E-state index contributed by atoms with van der Waals surface area (Å²) in [6.45, 7) is 1.57. The smallest absolute Gasteiger partial charge is 0.417 e. The summed E-state index contributed by atoms with van der Waals surface area (Å²) in [5, 5.41) is 0.388. The van der Waals surface area contributed by atoms with Crippen LogP contribution in [0.2, 0.25) is 5.02 Å².